The molecule has 0 bridgehead atoms. The summed E-state index contributed by atoms with van der Waals surface area (Å²) in [4.78, 5) is 43.0. The molecular formula is C42H58N4O8. The molecule has 3 rings (SSSR count). The van der Waals surface area contributed by atoms with Crippen molar-refractivity contribution in [3.05, 3.63) is 102 Å². The molecule has 3 N–H and O–H groups in total. The third-order valence-electron chi connectivity index (χ3n) is 8.17. The van der Waals surface area contributed by atoms with E-state index in [4.69, 9.17) is 23.7 Å². The van der Waals surface area contributed by atoms with Crippen molar-refractivity contribution in [1.29, 1.82) is 0 Å². The molecule has 12 heteroatoms. The summed E-state index contributed by atoms with van der Waals surface area (Å²) in [6, 6.07) is 20.5. The number of hydrogen-bond donors (Lipinski definition) is 3. The molecule has 4 amide bonds. The van der Waals surface area contributed by atoms with E-state index < -0.39 is 30.3 Å². The summed E-state index contributed by atoms with van der Waals surface area (Å²) in [7, 11) is 3.10. The van der Waals surface area contributed by atoms with Gasteiger partial charge in [0.1, 0.15) is 17.4 Å². The molecule has 0 aliphatic heterocycles. The van der Waals surface area contributed by atoms with Crippen LogP contribution in [0.25, 0.3) is 0 Å². The Bertz CT molecular complexity index is 1600. The lowest BCUT2D eigenvalue weighted by Crippen LogP contribution is -2.52. The minimum absolute atomic E-state index is 0.0772. The molecular weight excluding hydrogens is 688 g/mol. The van der Waals surface area contributed by atoms with Gasteiger partial charge in [0.2, 0.25) is 11.8 Å². The number of carbonyl (C=O) groups excluding carboxylic acids is 3. The fourth-order valence-corrected chi connectivity index (χ4v) is 5.81. The summed E-state index contributed by atoms with van der Waals surface area (Å²) in [5, 5.41) is 8.70. The van der Waals surface area contributed by atoms with Gasteiger partial charge in [-0.1, -0.05) is 60.7 Å². The molecule has 0 aliphatic carbocycles. The van der Waals surface area contributed by atoms with E-state index in [2.05, 4.69) is 22.5 Å². The first-order chi connectivity index (χ1) is 25.9. The Labute approximate surface area is 320 Å². The zero-order valence-electron chi connectivity index (χ0n) is 32.8. The number of carbonyl (C=O) groups is 3. The molecule has 12 nitrogen and oxygen atoms in total. The number of methoxy groups -OCH3 is 2. The highest BCUT2D eigenvalue weighted by Crippen LogP contribution is 2.32. The van der Waals surface area contributed by atoms with Gasteiger partial charge in [-0.3, -0.25) is 9.59 Å². The van der Waals surface area contributed by atoms with Crippen LogP contribution >= 0.6 is 0 Å². The van der Waals surface area contributed by atoms with E-state index in [9.17, 15) is 14.4 Å². The first-order valence-corrected chi connectivity index (χ1v) is 18.4. The predicted molar refractivity (Wildman–Crippen MR) is 209 cm³/mol. The highest BCUT2D eigenvalue weighted by molar-refractivity contribution is 5.88. The van der Waals surface area contributed by atoms with Crippen molar-refractivity contribution in [1.82, 2.24) is 20.9 Å². The molecule has 0 heterocycles. The van der Waals surface area contributed by atoms with Crippen molar-refractivity contribution in [3.8, 4) is 17.2 Å². The SMILES string of the molecule is C=CC[C@H](CC(=O)N[C@@H](Cc1ccc(OC(C)(C)C)cc1)C(=O)N(Cc1cccc(OC)c1OC)CC(OCC)OCC)NC(=O)NCc1ccccc1. The van der Waals surface area contributed by atoms with Crippen LogP contribution in [0.1, 0.15) is 64.2 Å². The molecule has 3 aromatic rings. The second-order valence-corrected chi connectivity index (χ2v) is 13.6. The molecule has 0 spiro atoms. The summed E-state index contributed by atoms with van der Waals surface area (Å²) >= 11 is 0. The molecule has 0 saturated heterocycles. The van der Waals surface area contributed by atoms with Crippen molar-refractivity contribution in [2.24, 2.45) is 0 Å². The first-order valence-electron chi connectivity index (χ1n) is 18.4. The van der Waals surface area contributed by atoms with Crippen molar-refractivity contribution in [2.45, 2.75) is 90.9 Å². The molecule has 0 aromatic heterocycles. The maximum atomic E-state index is 14.8. The van der Waals surface area contributed by atoms with Gasteiger partial charge in [-0.15, -0.1) is 6.58 Å². The van der Waals surface area contributed by atoms with Crippen LogP contribution in [0.3, 0.4) is 0 Å². The number of para-hydroxylation sites is 1. The lowest BCUT2D eigenvalue weighted by Gasteiger charge is -2.32. The minimum atomic E-state index is -0.997. The van der Waals surface area contributed by atoms with E-state index in [0.29, 0.717) is 49.0 Å². The monoisotopic (exact) mass is 746 g/mol. The van der Waals surface area contributed by atoms with Crippen LogP contribution in [-0.4, -0.2) is 80.7 Å². The van der Waals surface area contributed by atoms with E-state index >= 15 is 0 Å². The van der Waals surface area contributed by atoms with E-state index in [1.165, 1.54) is 0 Å². The highest BCUT2D eigenvalue weighted by atomic mass is 16.7. The average molecular weight is 747 g/mol. The van der Waals surface area contributed by atoms with Gasteiger partial charge in [0.25, 0.3) is 0 Å². The minimum Gasteiger partial charge on any atom is -0.493 e. The van der Waals surface area contributed by atoms with E-state index in [-0.39, 0.29) is 37.4 Å². The average Bonchev–Trinajstić information content (AvgIpc) is 3.13. The van der Waals surface area contributed by atoms with Gasteiger partial charge in [0.15, 0.2) is 17.8 Å². The van der Waals surface area contributed by atoms with Gasteiger partial charge < -0.3 is 44.5 Å². The first kappa shape index (κ1) is 43.3. The van der Waals surface area contributed by atoms with Crippen LogP contribution in [0.2, 0.25) is 0 Å². The van der Waals surface area contributed by atoms with Crippen LogP contribution < -0.4 is 30.2 Å². The van der Waals surface area contributed by atoms with Gasteiger partial charge in [-0.05, 0) is 70.4 Å². The zero-order valence-corrected chi connectivity index (χ0v) is 32.8. The molecule has 0 unspecified atom stereocenters. The van der Waals surface area contributed by atoms with Crippen molar-refractivity contribution in [2.75, 3.05) is 34.0 Å². The van der Waals surface area contributed by atoms with E-state index in [0.717, 1.165) is 11.1 Å². The quantitative estimate of drug-likeness (QED) is 0.0821. The van der Waals surface area contributed by atoms with Gasteiger partial charge in [-0.2, -0.15) is 0 Å². The standard InChI is InChI=1S/C42H58N4O8/c1-9-16-33(44-41(49)43-27-31-17-13-12-14-18-31)26-37(47)45-35(25-30-21-23-34(24-22-30)54-42(4,5)6)40(48)46(29-38(52-10-2)53-11-3)28-32-19-15-20-36(50-7)39(32)51-8/h9,12-15,17-24,33,35,38H,1,10-11,16,25-29H2,2-8H3,(H,45,47)(H2,43,44,49)/t33-,35+/m1/s1. The van der Waals surface area contributed by atoms with Crippen LogP contribution in [-0.2, 0) is 38.6 Å². The van der Waals surface area contributed by atoms with E-state index in [1.807, 2.05) is 101 Å². The van der Waals surface area contributed by atoms with Crippen molar-refractivity contribution < 1.29 is 38.1 Å². The molecule has 0 radical (unpaired) electrons. The largest absolute Gasteiger partial charge is 0.493 e. The summed E-state index contributed by atoms with van der Waals surface area (Å²) in [5.41, 5.74) is 2.06. The maximum Gasteiger partial charge on any atom is 0.315 e. The molecule has 2 atom stereocenters. The van der Waals surface area contributed by atoms with Gasteiger partial charge in [0.05, 0.1) is 20.8 Å². The lowest BCUT2D eigenvalue weighted by atomic mass is 10.0. The molecule has 294 valence electrons. The second-order valence-electron chi connectivity index (χ2n) is 13.6. The fourth-order valence-electron chi connectivity index (χ4n) is 5.81. The third-order valence-corrected chi connectivity index (χ3v) is 8.17. The van der Waals surface area contributed by atoms with Crippen LogP contribution in [0.15, 0.2) is 85.5 Å². The number of amides is 4. The normalized spacial score (nSPS) is 12.3. The number of hydrogen-bond acceptors (Lipinski definition) is 8. The molecule has 54 heavy (non-hydrogen) atoms. The van der Waals surface area contributed by atoms with Gasteiger partial charge in [-0.25, -0.2) is 4.79 Å². The Morgan fingerprint density at radius 1 is 0.852 bits per heavy atom. The summed E-state index contributed by atoms with van der Waals surface area (Å²) in [6.45, 7) is 14.7. The Hall–Kier alpha value is -5.07. The predicted octanol–water partition coefficient (Wildman–Crippen LogP) is 6.17. The van der Waals surface area contributed by atoms with Crippen LogP contribution in [0, 0.1) is 0 Å². The summed E-state index contributed by atoms with van der Waals surface area (Å²) in [6.07, 6.45) is 1.35. The fraction of sp³-hybridized carbons (Fsp3) is 0.452. The Morgan fingerprint density at radius 2 is 1.54 bits per heavy atom. The van der Waals surface area contributed by atoms with Crippen molar-refractivity contribution >= 4 is 17.8 Å². The summed E-state index contributed by atoms with van der Waals surface area (Å²) in [5.74, 6) is 0.915. The third kappa shape index (κ3) is 14.7. The number of nitrogens with zero attached hydrogens (tertiary/aromatic N) is 1. The lowest BCUT2D eigenvalue weighted by molar-refractivity contribution is -0.161. The zero-order chi connectivity index (χ0) is 39.5. The Balaban J connectivity index is 1.92. The molecule has 0 aliphatic rings. The summed E-state index contributed by atoms with van der Waals surface area (Å²) < 4.78 is 29.0. The molecule has 0 fully saturated rings. The van der Waals surface area contributed by atoms with Crippen LogP contribution in [0.4, 0.5) is 4.79 Å². The maximum absolute atomic E-state index is 14.8. The van der Waals surface area contributed by atoms with Crippen LogP contribution in [0.5, 0.6) is 17.2 Å². The smallest absolute Gasteiger partial charge is 0.315 e. The van der Waals surface area contributed by atoms with Gasteiger partial charge in [0, 0.05) is 50.8 Å². The number of nitrogens with one attached hydrogen (secondary N) is 3. The molecule has 0 saturated carbocycles. The number of rotatable bonds is 22. The Kier molecular flexibility index (Phi) is 17.8. The highest BCUT2D eigenvalue weighted by Gasteiger charge is 2.31. The molecule has 3 aromatic carbocycles. The second kappa shape index (κ2) is 22.2. The van der Waals surface area contributed by atoms with E-state index in [1.54, 1.807) is 31.3 Å². The Morgan fingerprint density at radius 3 is 2.13 bits per heavy atom. The number of benzene rings is 3. The van der Waals surface area contributed by atoms with Gasteiger partial charge >= 0.3 is 6.03 Å². The number of urea groups is 1. The number of ether oxygens (including phenoxy) is 5. The van der Waals surface area contributed by atoms with Crippen molar-refractivity contribution in [3.63, 3.8) is 0 Å². The topological polar surface area (TPSA) is 137 Å².